The molecule has 0 aliphatic heterocycles. The van der Waals surface area contributed by atoms with E-state index in [-0.39, 0.29) is 0 Å². The van der Waals surface area contributed by atoms with Crippen molar-refractivity contribution in [3.8, 4) is 0 Å². The van der Waals surface area contributed by atoms with Gasteiger partial charge in [-0.05, 0) is 36.8 Å². The zero-order valence-corrected chi connectivity index (χ0v) is 11.6. The number of thioether (sulfide) groups is 1. The molecule has 0 spiro atoms. The average molecular weight is 237 g/mol. The average Bonchev–Trinajstić information content (AvgIpc) is 2.26. The summed E-state index contributed by atoms with van der Waals surface area (Å²) in [6.45, 7) is 6.70. The first-order chi connectivity index (χ1) is 7.63. The SMILES string of the molecule is CNC(CSC(C)C)Cc1ccccc1C. The van der Waals surface area contributed by atoms with Crippen molar-refractivity contribution in [3.63, 3.8) is 0 Å². The number of rotatable bonds is 6. The topological polar surface area (TPSA) is 12.0 Å². The molecule has 1 rings (SSSR count). The Morgan fingerprint density at radius 1 is 1.25 bits per heavy atom. The summed E-state index contributed by atoms with van der Waals surface area (Å²) < 4.78 is 0. The van der Waals surface area contributed by atoms with Crippen molar-refractivity contribution in [1.29, 1.82) is 0 Å². The van der Waals surface area contributed by atoms with Gasteiger partial charge in [0.1, 0.15) is 0 Å². The molecule has 0 aliphatic carbocycles. The van der Waals surface area contributed by atoms with Crippen molar-refractivity contribution >= 4 is 11.8 Å². The zero-order valence-electron chi connectivity index (χ0n) is 10.8. The second kappa shape index (κ2) is 6.97. The van der Waals surface area contributed by atoms with E-state index in [1.54, 1.807) is 0 Å². The van der Waals surface area contributed by atoms with Crippen molar-refractivity contribution < 1.29 is 0 Å². The molecule has 16 heavy (non-hydrogen) atoms. The van der Waals surface area contributed by atoms with E-state index in [1.165, 1.54) is 16.9 Å². The minimum Gasteiger partial charge on any atom is -0.316 e. The van der Waals surface area contributed by atoms with Gasteiger partial charge in [0, 0.05) is 11.8 Å². The molecule has 0 fully saturated rings. The lowest BCUT2D eigenvalue weighted by atomic mass is 10.0. The molecule has 0 aliphatic rings. The van der Waals surface area contributed by atoms with Crippen LogP contribution in [0, 0.1) is 6.92 Å². The van der Waals surface area contributed by atoms with E-state index in [4.69, 9.17) is 0 Å². The van der Waals surface area contributed by atoms with Gasteiger partial charge in [0.15, 0.2) is 0 Å². The lowest BCUT2D eigenvalue weighted by Crippen LogP contribution is -2.30. The van der Waals surface area contributed by atoms with Gasteiger partial charge in [0.25, 0.3) is 0 Å². The van der Waals surface area contributed by atoms with E-state index in [1.807, 2.05) is 11.8 Å². The Kier molecular flexibility index (Phi) is 5.93. The standard InChI is InChI=1S/C14H23NS/c1-11(2)16-10-14(15-4)9-13-8-6-5-7-12(13)3/h5-8,11,14-15H,9-10H2,1-4H3. The molecule has 0 heterocycles. The quantitative estimate of drug-likeness (QED) is 0.815. The van der Waals surface area contributed by atoms with E-state index in [9.17, 15) is 0 Å². The highest BCUT2D eigenvalue weighted by Crippen LogP contribution is 2.15. The smallest absolute Gasteiger partial charge is 0.0195 e. The number of hydrogen-bond donors (Lipinski definition) is 1. The van der Waals surface area contributed by atoms with Gasteiger partial charge in [-0.15, -0.1) is 0 Å². The Hall–Kier alpha value is -0.470. The Morgan fingerprint density at radius 2 is 1.94 bits per heavy atom. The number of likely N-dealkylation sites (N-methyl/N-ethyl adjacent to an activating group) is 1. The number of benzene rings is 1. The molecule has 2 heteroatoms. The van der Waals surface area contributed by atoms with Crippen LogP contribution < -0.4 is 5.32 Å². The molecule has 1 aromatic rings. The first-order valence-corrected chi connectivity index (χ1v) is 7.01. The van der Waals surface area contributed by atoms with Gasteiger partial charge < -0.3 is 5.32 Å². The predicted octanol–water partition coefficient (Wildman–Crippen LogP) is 3.27. The van der Waals surface area contributed by atoms with E-state index < -0.39 is 0 Å². The van der Waals surface area contributed by atoms with Crippen molar-refractivity contribution in [2.24, 2.45) is 0 Å². The summed E-state index contributed by atoms with van der Waals surface area (Å²) in [5, 5.41) is 4.13. The van der Waals surface area contributed by atoms with Crippen LogP contribution in [0.5, 0.6) is 0 Å². The molecular formula is C14H23NS. The summed E-state index contributed by atoms with van der Waals surface area (Å²) in [5.41, 5.74) is 2.86. The molecule has 0 saturated heterocycles. The normalized spacial score (nSPS) is 13.1. The van der Waals surface area contributed by atoms with Gasteiger partial charge in [-0.2, -0.15) is 11.8 Å². The maximum Gasteiger partial charge on any atom is 0.0195 e. The van der Waals surface area contributed by atoms with Gasteiger partial charge in [-0.1, -0.05) is 38.1 Å². The number of hydrogen-bond acceptors (Lipinski definition) is 2. The Labute approximate surface area is 104 Å². The number of nitrogens with one attached hydrogen (secondary N) is 1. The van der Waals surface area contributed by atoms with Crippen LogP contribution in [-0.2, 0) is 6.42 Å². The van der Waals surface area contributed by atoms with Crippen LogP contribution in [0.3, 0.4) is 0 Å². The maximum absolute atomic E-state index is 3.41. The van der Waals surface area contributed by atoms with Crippen molar-refractivity contribution in [3.05, 3.63) is 35.4 Å². The van der Waals surface area contributed by atoms with Crippen LogP contribution in [0.25, 0.3) is 0 Å². The molecule has 1 N–H and O–H groups in total. The van der Waals surface area contributed by atoms with Crippen LogP contribution in [0.2, 0.25) is 0 Å². The van der Waals surface area contributed by atoms with E-state index in [2.05, 4.69) is 57.4 Å². The van der Waals surface area contributed by atoms with Gasteiger partial charge in [-0.3, -0.25) is 0 Å². The summed E-state index contributed by atoms with van der Waals surface area (Å²) in [5.74, 6) is 1.18. The zero-order chi connectivity index (χ0) is 12.0. The third kappa shape index (κ3) is 4.58. The minimum atomic E-state index is 0.577. The van der Waals surface area contributed by atoms with Gasteiger partial charge >= 0.3 is 0 Å². The van der Waals surface area contributed by atoms with E-state index >= 15 is 0 Å². The van der Waals surface area contributed by atoms with E-state index in [0.717, 1.165) is 6.42 Å². The molecule has 1 unspecified atom stereocenters. The summed E-state index contributed by atoms with van der Waals surface area (Å²) in [6, 6.07) is 9.24. The second-order valence-electron chi connectivity index (χ2n) is 4.50. The first kappa shape index (κ1) is 13.6. The molecule has 1 atom stereocenters. The lowest BCUT2D eigenvalue weighted by Gasteiger charge is -2.18. The lowest BCUT2D eigenvalue weighted by molar-refractivity contribution is 0.615. The molecule has 1 aromatic carbocycles. The molecule has 90 valence electrons. The third-order valence-electron chi connectivity index (χ3n) is 2.77. The van der Waals surface area contributed by atoms with Gasteiger partial charge in [0.2, 0.25) is 0 Å². The fourth-order valence-electron chi connectivity index (χ4n) is 1.66. The second-order valence-corrected chi connectivity index (χ2v) is 6.11. The van der Waals surface area contributed by atoms with Crippen LogP contribution in [0.15, 0.2) is 24.3 Å². The fourth-order valence-corrected chi connectivity index (χ4v) is 2.56. The molecule has 0 radical (unpaired) electrons. The van der Waals surface area contributed by atoms with Gasteiger partial charge in [0.05, 0.1) is 0 Å². The van der Waals surface area contributed by atoms with Crippen molar-refractivity contribution in [1.82, 2.24) is 5.32 Å². The molecule has 0 amide bonds. The van der Waals surface area contributed by atoms with Crippen LogP contribution >= 0.6 is 11.8 Å². The third-order valence-corrected chi connectivity index (χ3v) is 4.03. The van der Waals surface area contributed by atoms with E-state index in [0.29, 0.717) is 11.3 Å². The largest absolute Gasteiger partial charge is 0.316 e. The maximum atomic E-state index is 3.41. The molecule has 1 nitrogen and oxygen atoms in total. The summed E-state index contributed by atoms with van der Waals surface area (Å²) >= 11 is 2.03. The molecule has 0 bridgehead atoms. The molecule has 0 saturated carbocycles. The van der Waals surface area contributed by atoms with Crippen LogP contribution in [-0.4, -0.2) is 24.1 Å². The Morgan fingerprint density at radius 3 is 2.50 bits per heavy atom. The monoisotopic (exact) mass is 237 g/mol. The highest BCUT2D eigenvalue weighted by Gasteiger charge is 2.09. The van der Waals surface area contributed by atoms with Crippen LogP contribution in [0.4, 0.5) is 0 Å². The van der Waals surface area contributed by atoms with Crippen LogP contribution in [0.1, 0.15) is 25.0 Å². The predicted molar refractivity (Wildman–Crippen MR) is 75.3 cm³/mol. The van der Waals surface area contributed by atoms with Crippen molar-refractivity contribution in [2.45, 2.75) is 38.5 Å². The fraction of sp³-hybridized carbons (Fsp3) is 0.571. The van der Waals surface area contributed by atoms with Crippen molar-refractivity contribution in [2.75, 3.05) is 12.8 Å². The highest BCUT2D eigenvalue weighted by atomic mass is 32.2. The minimum absolute atomic E-state index is 0.577. The summed E-state index contributed by atoms with van der Waals surface area (Å²) in [6.07, 6.45) is 1.13. The Bertz CT molecular complexity index is 309. The summed E-state index contributed by atoms with van der Waals surface area (Å²) in [7, 11) is 2.06. The molecular weight excluding hydrogens is 214 g/mol. The first-order valence-electron chi connectivity index (χ1n) is 5.97. The highest BCUT2D eigenvalue weighted by molar-refractivity contribution is 7.99. The molecule has 0 aromatic heterocycles. The van der Waals surface area contributed by atoms with Gasteiger partial charge in [-0.25, -0.2) is 0 Å². The number of aryl methyl sites for hydroxylation is 1. The Balaban J connectivity index is 2.53. The summed E-state index contributed by atoms with van der Waals surface area (Å²) in [4.78, 5) is 0.